The lowest BCUT2D eigenvalue weighted by Crippen LogP contribution is -2.24. The van der Waals surface area contributed by atoms with Crippen LogP contribution in [0.1, 0.15) is 12.5 Å². The summed E-state index contributed by atoms with van der Waals surface area (Å²) < 4.78 is 0. The number of nitrogens with one attached hydrogen (secondary N) is 2. The minimum absolute atomic E-state index is 0.127. The van der Waals surface area contributed by atoms with Gasteiger partial charge in [0.05, 0.1) is 0 Å². The Bertz CT molecular complexity index is 357. The smallest absolute Gasteiger partial charge is 0.318 e. The Morgan fingerprint density at radius 2 is 1.80 bits per heavy atom. The molecule has 0 saturated carbocycles. The molecule has 0 atom stereocenters. The van der Waals surface area contributed by atoms with Crippen LogP contribution in [0, 0.1) is 0 Å². The number of urea groups is 1. The maximum absolute atomic E-state index is 11.0. The highest BCUT2D eigenvalue weighted by molar-refractivity contribution is 5.89. The summed E-state index contributed by atoms with van der Waals surface area (Å²) in [5.41, 5.74) is 1.66. The van der Waals surface area contributed by atoms with Crippen molar-refractivity contribution in [1.29, 1.82) is 0 Å². The third kappa shape index (κ3) is 3.81. The molecule has 2 N–H and O–H groups in total. The van der Waals surface area contributed by atoms with Gasteiger partial charge in [0.15, 0.2) is 0 Å². The first kappa shape index (κ1) is 11.2. The fraction of sp³-hybridized carbons (Fsp3) is 0.273. The molecule has 0 aliphatic carbocycles. The number of anilines is 1. The summed E-state index contributed by atoms with van der Waals surface area (Å²) in [7, 11) is 1.56. The van der Waals surface area contributed by atoms with E-state index in [1.54, 1.807) is 26.1 Å². The molecule has 4 nitrogen and oxygen atoms in total. The van der Waals surface area contributed by atoms with E-state index in [-0.39, 0.29) is 11.8 Å². The highest BCUT2D eigenvalue weighted by Crippen LogP contribution is 2.09. The van der Waals surface area contributed by atoms with E-state index in [2.05, 4.69) is 10.6 Å². The SMILES string of the molecule is CNC(=O)Nc1ccc(CC(C)=O)cc1. The lowest BCUT2D eigenvalue weighted by molar-refractivity contribution is -0.116. The molecule has 0 aliphatic rings. The van der Waals surface area contributed by atoms with Crippen LogP contribution >= 0.6 is 0 Å². The average Bonchev–Trinajstić information content (AvgIpc) is 2.20. The number of rotatable bonds is 3. The topological polar surface area (TPSA) is 58.2 Å². The Morgan fingerprint density at radius 1 is 1.20 bits per heavy atom. The third-order valence-corrected chi connectivity index (χ3v) is 1.89. The van der Waals surface area contributed by atoms with Crippen LogP contribution in [-0.4, -0.2) is 18.9 Å². The van der Waals surface area contributed by atoms with E-state index in [4.69, 9.17) is 0 Å². The van der Waals surface area contributed by atoms with Crippen molar-refractivity contribution in [1.82, 2.24) is 5.32 Å². The maximum atomic E-state index is 11.0. The molecule has 0 radical (unpaired) electrons. The summed E-state index contributed by atoms with van der Waals surface area (Å²) in [6.07, 6.45) is 0.431. The van der Waals surface area contributed by atoms with E-state index < -0.39 is 0 Å². The molecule has 80 valence electrons. The van der Waals surface area contributed by atoms with E-state index in [1.807, 2.05) is 12.1 Å². The van der Waals surface area contributed by atoms with E-state index in [1.165, 1.54) is 0 Å². The molecule has 0 aromatic heterocycles. The molecule has 0 bridgehead atoms. The van der Waals surface area contributed by atoms with Gasteiger partial charge >= 0.3 is 6.03 Å². The largest absolute Gasteiger partial charge is 0.341 e. The van der Waals surface area contributed by atoms with E-state index in [0.29, 0.717) is 12.1 Å². The van der Waals surface area contributed by atoms with Crippen molar-refractivity contribution in [3.8, 4) is 0 Å². The van der Waals surface area contributed by atoms with Gasteiger partial charge in [-0.2, -0.15) is 0 Å². The quantitative estimate of drug-likeness (QED) is 0.788. The summed E-state index contributed by atoms with van der Waals surface area (Å²) in [5.74, 6) is 0.127. The summed E-state index contributed by atoms with van der Waals surface area (Å²) in [5, 5.41) is 5.09. The number of Topliss-reactive ketones (excluding diaryl/α,β-unsaturated/α-hetero) is 1. The van der Waals surface area contributed by atoms with Gasteiger partial charge < -0.3 is 10.6 Å². The summed E-state index contributed by atoms with van der Waals surface area (Å²) in [4.78, 5) is 21.8. The van der Waals surface area contributed by atoms with Crippen molar-refractivity contribution in [3.05, 3.63) is 29.8 Å². The molecule has 0 spiro atoms. The van der Waals surface area contributed by atoms with Crippen molar-refractivity contribution in [2.75, 3.05) is 12.4 Å². The van der Waals surface area contributed by atoms with E-state index >= 15 is 0 Å². The number of carbonyl (C=O) groups excluding carboxylic acids is 2. The van der Waals surface area contributed by atoms with Crippen molar-refractivity contribution in [2.24, 2.45) is 0 Å². The number of carbonyl (C=O) groups is 2. The Morgan fingerprint density at radius 3 is 2.27 bits per heavy atom. The van der Waals surface area contributed by atoms with Crippen LogP contribution in [0.3, 0.4) is 0 Å². The van der Waals surface area contributed by atoms with Gasteiger partial charge in [-0.05, 0) is 24.6 Å². The minimum Gasteiger partial charge on any atom is -0.341 e. The highest BCUT2D eigenvalue weighted by atomic mass is 16.2. The molecule has 1 rings (SSSR count). The first-order valence-electron chi connectivity index (χ1n) is 4.69. The molecule has 0 unspecified atom stereocenters. The summed E-state index contributed by atoms with van der Waals surface area (Å²) in [6.45, 7) is 1.55. The molecule has 1 aromatic rings. The standard InChI is InChI=1S/C11H14N2O2/c1-8(14)7-9-3-5-10(6-4-9)13-11(15)12-2/h3-6H,7H2,1-2H3,(H2,12,13,15). The van der Waals surface area contributed by atoms with Crippen molar-refractivity contribution in [2.45, 2.75) is 13.3 Å². The van der Waals surface area contributed by atoms with Crippen molar-refractivity contribution in [3.63, 3.8) is 0 Å². The lowest BCUT2D eigenvalue weighted by Gasteiger charge is -2.04. The van der Waals surface area contributed by atoms with Crippen LogP contribution < -0.4 is 10.6 Å². The van der Waals surface area contributed by atoms with Gasteiger partial charge in [-0.25, -0.2) is 4.79 Å². The summed E-state index contributed by atoms with van der Waals surface area (Å²) >= 11 is 0. The maximum Gasteiger partial charge on any atom is 0.318 e. The van der Waals surface area contributed by atoms with Crippen LogP contribution in [0.4, 0.5) is 10.5 Å². The second-order valence-corrected chi connectivity index (χ2v) is 3.28. The first-order valence-corrected chi connectivity index (χ1v) is 4.69. The fourth-order valence-corrected chi connectivity index (χ4v) is 1.19. The fourth-order valence-electron chi connectivity index (χ4n) is 1.19. The number of amides is 2. The zero-order valence-electron chi connectivity index (χ0n) is 8.83. The number of hydrogen-bond acceptors (Lipinski definition) is 2. The molecule has 0 heterocycles. The van der Waals surface area contributed by atoms with Gasteiger partial charge in [0, 0.05) is 19.2 Å². The first-order chi connectivity index (χ1) is 7.11. The molecule has 15 heavy (non-hydrogen) atoms. The van der Waals surface area contributed by atoms with Gasteiger partial charge in [-0.1, -0.05) is 12.1 Å². The molecule has 0 aliphatic heterocycles. The molecule has 1 aromatic carbocycles. The van der Waals surface area contributed by atoms with Crippen molar-refractivity contribution < 1.29 is 9.59 Å². The normalized spacial score (nSPS) is 9.47. The molecular formula is C11H14N2O2. The van der Waals surface area contributed by atoms with Gasteiger partial charge in [0.25, 0.3) is 0 Å². The van der Waals surface area contributed by atoms with Crippen LogP contribution in [0.25, 0.3) is 0 Å². The molecule has 0 saturated heterocycles. The van der Waals surface area contributed by atoms with Gasteiger partial charge in [0.2, 0.25) is 0 Å². The Hall–Kier alpha value is -1.84. The van der Waals surface area contributed by atoms with Crippen molar-refractivity contribution >= 4 is 17.5 Å². The van der Waals surface area contributed by atoms with Crippen LogP contribution in [0.15, 0.2) is 24.3 Å². The highest BCUT2D eigenvalue weighted by Gasteiger charge is 2.00. The molecule has 0 fully saturated rings. The summed E-state index contributed by atoms with van der Waals surface area (Å²) in [6, 6.07) is 6.94. The Kier molecular flexibility index (Phi) is 3.85. The zero-order chi connectivity index (χ0) is 11.3. The molecule has 4 heteroatoms. The number of hydrogen-bond donors (Lipinski definition) is 2. The predicted molar refractivity (Wildman–Crippen MR) is 58.9 cm³/mol. The lowest BCUT2D eigenvalue weighted by atomic mass is 10.1. The second kappa shape index (κ2) is 5.14. The van der Waals surface area contributed by atoms with Gasteiger partial charge in [0.1, 0.15) is 5.78 Å². The second-order valence-electron chi connectivity index (χ2n) is 3.28. The van der Waals surface area contributed by atoms with E-state index in [0.717, 1.165) is 5.56 Å². The van der Waals surface area contributed by atoms with Gasteiger partial charge in [-0.15, -0.1) is 0 Å². The van der Waals surface area contributed by atoms with Gasteiger partial charge in [-0.3, -0.25) is 4.79 Å². The molecule has 2 amide bonds. The van der Waals surface area contributed by atoms with Crippen LogP contribution in [-0.2, 0) is 11.2 Å². The van der Waals surface area contributed by atoms with Crippen LogP contribution in [0.2, 0.25) is 0 Å². The molecular weight excluding hydrogens is 192 g/mol. The Labute approximate surface area is 88.7 Å². The third-order valence-electron chi connectivity index (χ3n) is 1.89. The average molecular weight is 206 g/mol. The predicted octanol–water partition coefficient (Wildman–Crippen LogP) is 1.57. The Balaban J connectivity index is 2.64. The minimum atomic E-state index is -0.255. The monoisotopic (exact) mass is 206 g/mol. The van der Waals surface area contributed by atoms with E-state index in [9.17, 15) is 9.59 Å². The van der Waals surface area contributed by atoms with Crippen LogP contribution in [0.5, 0.6) is 0 Å². The number of ketones is 1. The zero-order valence-corrected chi connectivity index (χ0v) is 8.83. The number of benzene rings is 1.